The largest absolute Gasteiger partial charge is 0.490 e. The first kappa shape index (κ1) is 15.7. The van der Waals surface area contributed by atoms with Crippen molar-refractivity contribution in [1.29, 1.82) is 0 Å². The Morgan fingerprint density at radius 2 is 2.05 bits per heavy atom. The first-order valence-electron chi connectivity index (χ1n) is 7.72. The molecule has 0 amide bonds. The van der Waals surface area contributed by atoms with Gasteiger partial charge in [-0.25, -0.2) is 0 Å². The average molecular weight is 293 g/mol. The van der Waals surface area contributed by atoms with E-state index in [0.717, 1.165) is 18.6 Å². The Labute approximate surface area is 127 Å². The summed E-state index contributed by atoms with van der Waals surface area (Å²) in [5.74, 6) is 2.75. The number of benzene rings is 1. The molecule has 0 saturated heterocycles. The van der Waals surface area contributed by atoms with Crippen LogP contribution in [0.2, 0.25) is 0 Å². The average Bonchev–Trinajstić information content (AvgIpc) is 2.37. The molecule has 0 spiro atoms. The number of hydrogen-bond donors (Lipinski definition) is 1. The maximum absolute atomic E-state index is 6.07. The van der Waals surface area contributed by atoms with Crippen LogP contribution in [0.3, 0.4) is 0 Å². The van der Waals surface area contributed by atoms with Crippen molar-refractivity contribution in [2.24, 2.45) is 0 Å². The SMILES string of the molecule is CCSC(C)NC1CC(Oc2cccc(C(C)C)c2)C1. The predicted octanol–water partition coefficient (Wildman–Crippen LogP) is 4.41. The van der Waals surface area contributed by atoms with Crippen LogP contribution in [0.15, 0.2) is 24.3 Å². The van der Waals surface area contributed by atoms with E-state index in [1.54, 1.807) is 0 Å². The second kappa shape index (κ2) is 7.37. The monoisotopic (exact) mass is 293 g/mol. The molecule has 20 heavy (non-hydrogen) atoms. The molecule has 0 bridgehead atoms. The highest BCUT2D eigenvalue weighted by Gasteiger charge is 2.31. The summed E-state index contributed by atoms with van der Waals surface area (Å²) in [5.41, 5.74) is 1.35. The molecule has 0 heterocycles. The quantitative estimate of drug-likeness (QED) is 0.752. The van der Waals surface area contributed by atoms with Gasteiger partial charge in [0.05, 0.1) is 5.37 Å². The molecule has 3 heteroatoms. The van der Waals surface area contributed by atoms with Crippen molar-refractivity contribution in [1.82, 2.24) is 5.32 Å². The minimum atomic E-state index is 0.383. The lowest BCUT2D eigenvalue weighted by Crippen LogP contribution is -2.49. The first-order chi connectivity index (χ1) is 9.58. The minimum Gasteiger partial charge on any atom is -0.490 e. The van der Waals surface area contributed by atoms with Gasteiger partial charge in [0.15, 0.2) is 0 Å². The highest BCUT2D eigenvalue weighted by molar-refractivity contribution is 7.99. The molecule has 2 nitrogen and oxygen atoms in total. The van der Waals surface area contributed by atoms with Gasteiger partial charge in [-0.1, -0.05) is 32.9 Å². The van der Waals surface area contributed by atoms with Crippen molar-refractivity contribution in [3.63, 3.8) is 0 Å². The Bertz CT molecular complexity index is 415. The molecule has 1 aromatic rings. The summed E-state index contributed by atoms with van der Waals surface area (Å²) in [6.45, 7) is 8.89. The van der Waals surface area contributed by atoms with Crippen molar-refractivity contribution >= 4 is 11.8 Å². The number of thioether (sulfide) groups is 1. The fourth-order valence-corrected chi connectivity index (χ4v) is 3.36. The molecule has 2 rings (SSSR count). The van der Waals surface area contributed by atoms with Gasteiger partial charge in [-0.3, -0.25) is 0 Å². The van der Waals surface area contributed by atoms with Crippen molar-refractivity contribution in [3.8, 4) is 5.75 Å². The van der Waals surface area contributed by atoms with Crippen LogP contribution in [0.5, 0.6) is 5.75 Å². The lowest BCUT2D eigenvalue weighted by molar-refractivity contribution is 0.0845. The second-order valence-electron chi connectivity index (χ2n) is 5.90. The zero-order valence-electron chi connectivity index (χ0n) is 13.1. The van der Waals surface area contributed by atoms with Gasteiger partial charge < -0.3 is 10.1 Å². The maximum Gasteiger partial charge on any atom is 0.120 e. The molecule has 0 radical (unpaired) electrons. The van der Waals surface area contributed by atoms with E-state index in [9.17, 15) is 0 Å². The molecule has 1 aliphatic carbocycles. The van der Waals surface area contributed by atoms with E-state index in [1.165, 1.54) is 11.3 Å². The standard InChI is InChI=1S/C17H27NOS/c1-5-20-13(4)18-15-10-17(11-15)19-16-8-6-7-14(9-16)12(2)3/h6-9,12-13,15,17-18H,5,10-11H2,1-4H3. The molecular formula is C17H27NOS. The predicted molar refractivity (Wildman–Crippen MR) is 88.7 cm³/mol. The molecule has 1 saturated carbocycles. The van der Waals surface area contributed by atoms with Gasteiger partial charge in [0.25, 0.3) is 0 Å². The van der Waals surface area contributed by atoms with Crippen molar-refractivity contribution < 1.29 is 4.74 Å². The number of nitrogens with one attached hydrogen (secondary N) is 1. The summed E-state index contributed by atoms with van der Waals surface area (Å²) in [5, 5.41) is 4.20. The van der Waals surface area contributed by atoms with E-state index in [4.69, 9.17) is 4.74 Å². The Kier molecular flexibility index (Phi) is 5.79. The Hall–Kier alpha value is -0.670. The lowest BCUT2D eigenvalue weighted by Gasteiger charge is -2.37. The molecule has 0 aliphatic heterocycles. The van der Waals surface area contributed by atoms with Crippen LogP contribution >= 0.6 is 11.8 Å². The van der Waals surface area contributed by atoms with E-state index in [0.29, 0.717) is 23.4 Å². The van der Waals surface area contributed by atoms with Crippen molar-refractivity contribution in [2.75, 3.05) is 5.75 Å². The van der Waals surface area contributed by atoms with Crippen LogP contribution in [0.25, 0.3) is 0 Å². The van der Waals surface area contributed by atoms with Gasteiger partial charge in [-0.15, -0.1) is 11.8 Å². The zero-order valence-corrected chi connectivity index (χ0v) is 13.9. The van der Waals surface area contributed by atoms with E-state index in [-0.39, 0.29) is 0 Å². The molecule has 1 aliphatic rings. The first-order valence-corrected chi connectivity index (χ1v) is 8.77. The second-order valence-corrected chi connectivity index (χ2v) is 7.52. The fraction of sp³-hybridized carbons (Fsp3) is 0.647. The number of hydrogen-bond acceptors (Lipinski definition) is 3. The minimum absolute atomic E-state index is 0.383. The van der Waals surface area contributed by atoms with E-state index >= 15 is 0 Å². The van der Waals surface area contributed by atoms with E-state index < -0.39 is 0 Å². The Morgan fingerprint density at radius 3 is 2.70 bits per heavy atom. The van der Waals surface area contributed by atoms with Gasteiger partial charge in [-0.2, -0.15) is 0 Å². The van der Waals surface area contributed by atoms with E-state index in [2.05, 4.69) is 57.3 Å². The third-order valence-electron chi connectivity index (χ3n) is 3.81. The van der Waals surface area contributed by atoms with E-state index in [1.807, 2.05) is 11.8 Å². The molecule has 1 aromatic carbocycles. The third kappa shape index (κ3) is 4.42. The summed E-state index contributed by atoms with van der Waals surface area (Å²) in [6, 6.07) is 9.15. The van der Waals surface area contributed by atoms with Crippen LogP contribution < -0.4 is 10.1 Å². The van der Waals surface area contributed by atoms with Crippen LogP contribution in [0.4, 0.5) is 0 Å². The van der Waals surface area contributed by atoms with Crippen LogP contribution in [-0.4, -0.2) is 23.3 Å². The topological polar surface area (TPSA) is 21.3 Å². The van der Waals surface area contributed by atoms with Crippen LogP contribution in [0.1, 0.15) is 52.0 Å². The molecule has 1 atom stereocenters. The zero-order chi connectivity index (χ0) is 14.5. The van der Waals surface area contributed by atoms with Gasteiger partial charge in [0.1, 0.15) is 11.9 Å². The highest BCUT2D eigenvalue weighted by Crippen LogP contribution is 2.28. The van der Waals surface area contributed by atoms with Gasteiger partial charge in [-0.05, 0) is 49.1 Å². The molecule has 1 unspecified atom stereocenters. The number of ether oxygens (including phenoxy) is 1. The normalized spacial score (nSPS) is 23.4. The fourth-order valence-electron chi connectivity index (χ4n) is 2.57. The smallest absolute Gasteiger partial charge is 0.120 e. The van der Waals surface area contributed by atoms with Gasteiger partial charge in [0.2, 0.25) is 0 Å². The summed E-state index contributed by atoms with van der Waals surface area (Å²) >= 11 is 1.97. The lowest BCUT2D eigenvalue weighted by atomic mass is 9.89. The van der Waals surface area contributed by atoms with Gasteiger partial charge in [0, 0.05) is 6.04 Å². The highest BCUT2D eigenvalue weighted by atomic mass is 32.2. The summed E-state index contributed by atoms with van der Waals surface area (Å²) in [7, 11) is 0. The molecule has 112 valence electrons. The molecular weight excluding hydrogens is 266 g/mol. The summed E-state index contributed by atoms with van der Waals surface area (Å²) in [6.07, 6.45) is 2.63. The third-order valence-corrected chi connectivity index (χ3v) is 4.78. The molecule has 1 fully saturated rings. The number of rotatable bonds is 7. The maximum atomic E-state index is 6.07. The van der Waals surface area contributed by atoms with Crippen molar-refractivity contribution in [3.05, 3.63) is 29.8 Å². The van der Waals surface area contributed by atoms with Crippen LogP contribution in [0, 0.1) is 0 Å². The van der Waals surface area contributed by atoms with Gasteiger partial charge >= 0.3 is 0 Å². The Balaban J connectivity index is 1.75. The molecule has 1 N–H and O–H groups in total. The summed E-state index contributed by atoms with van der Waals surface area (Å²) < 4.78 is 6.07. The van der Waals surface area contributed by atoms with Crippen LogP contribution in [-0.2, 0) is 0 Å². The summed E-state index contributed by atoms with van der Waals surface area (Å²) in [4.78, 5) is 0. The Morgan fingerprint density at radius 1 is 1.30 bits per heavy atom. The van der Waals surface area contributed by atoms with Crippen molar-refractivity contribution in [2.45, 2.75) is 64.0 Å². The molecule has 0 aromatic heterocycles.